The Hall–Kier alpha value is -2.78. The molecule has 10 heteroatoms. The van der Waals surface area contributed by atoms with E-state index in [2.05, 4.69) is 10.1 Å². The summed E-state index contributed by atoms with van der Waals surface area (Å²) < 4.78 is 36.6. The van der Waals surface area contributed by atoms with Crippen molar-refractivity contribution >= 4 is 44.9 Å². The van der Waals surface area contributed by atoms with Crippen molar-refractivity contribution in [3.05, 3.63) is 53.1 Å². The minimum absolute atomic E-state index is 0.122. The maximum absolute atomic E-state index is 12.8. The smallest absolute Gasteiger partial charge is 0.337 e. The third-order valence-corrected chi connectivity index (χ3v) is 6.45. The van der Waals surface area contributed by atoms with E-state index in [1.54, 1.807) is 24.3 Å². The molecule has 1 heterocycles. The van der Waals surface area contributed by atoms with E-state index in [-0.39, 0.29) is 34.3 Å². The number of benzene rings is 2. The van der Waals surface area contributed by atoms with Gasteiger partial charge in [-0.2, -0.15) is 0 Å². The lowest BCUT2D eigenvalue weighted by Gasteiger charge is -2.34. The number of nitrogens with zero attached hydrogens (tertiary/aromatic N) is 1. The number of anilines is 2. The summed E-state index contributed by atoms with van der Waals surface area (Å²) in [7, 11) is -2.38. The summed E-state index contributed by atoms with van der Waals surface area (Å²) in [5.74, 6) is -1.02. The molecule has 0 radical (unpaired) electrons. The van der Waals surface area contributed by atoms with Crippen LogP contribution < -0.4 is 14.4 Å². The normalized spacial score (nSPS) is 15.8. The SMILES string of the molecule is CCS(=O)(=O)N1C[C@@H](C(=O)Nc2cc(C(=O)OC)ccc2Cl)Oc2ccccc21. The average molecular weight is 439 g/mol. The number of carbonyl (C=O) groups excluding carboxylic acids is 2. The number of ether oxygens (including phenoxy) is 2. The summed E-state index contributed by atoms with van der Waals surface area (Å²) in [4.78, 5) is 24.5. The van der Waals surface area contributed by atoms with Gasteiger partial charge in [-0.15, -0.1) is 0 Å². The first-order valence-corrected chi connectivity index (χ1v) is 10.7. The zero-order valence-corrected chi connectivity index (χ0v) is 17.3. The molecule has 2 aromatic rings. The zero-order chi connectivity index (χ0) is 21.2. The van der Waals surface area contributed by atoms with Crippen molar-refractivity contribution in [1.82, 2.24) is 0 Å². The van der Waals surface area contributed by atoms with Gasteiger partial charge in [-0.1, -0.05) is 23.7 Å². The highest BCUT2D eigenvalue weighted by atomic mass is 35.5. The van der Waals surface area contributed by atoms with Gasteiger partial charge in [-0.05, 0) is 37.3 Å². The minimum atomic E-state index is -3.62. The van der Waals surface area contributed by atoms with E-state index < -0.39 is 28.0 Å². The van der Waals surface area contributed by atoms with Crippen LogP contribution in [0, 0.1) is 0 Å². The molecule has 3 rings (SSSR count). The molecule has 0 saturated carbocycles. The van der Waals surface area contributed by atoms with Crippen molar-refractivity contribution in [3.8, 4) is 5.75 Å². The van der Waals surface area contributed by atoms with Crippen molar-refractivity contribution in [2.75, 3.05) is 29.0 Å². The first kappa shape index (κ1) is 20.9. The minimum Gasteiger partial charge on any atom is -0.476 e. The number of hydrogen-bond acceptors (Lipinski definition) is 6. The molecule has 0 aliphatic carbocycles. The summed E-state index contributed by atoms with van der Waals surface area (Å²) in [5.41, 5.74) is 0.772. The van der Waals surface area contributed by atoms with Crippen molar-refractivity contribution < 1.29 is 27.5 Å². The number of esters is 1. The third-order valence-electron chi connectivity index (χ3n) is 4.37. The number of carbonyl (C=O) groups is 2. The monoisotopic (exact) mass is 438 g/mol. The lowest BCUT2D eigenvalue weighted by Crippen LogP contribution is -2.49. The summed E-state index contributed by atoms with van der Waals surface area (Å²) in [6.07, 6.45) is -1.11. The average Bonchev–Trinajstić information content (AvgIpc) is 2.73. The Labute approximate surface area is 173 Å². The number of fused-ring (bicyclic) bond motifs is 1. The van der Waals surface area contributed by atoms with E-state index in [9.17, 15) is 18.0 Å². The number of sulfonamides is 1. The predicted molar refractivity (Wildman–Crippen MR) is 109 cm³/mol. The molecule has 154 valence electrons. The molecule has 29 heavy (non-hydrogen) atoms. The second-order valence-electron chi connectivity index (χ2n) is 6.18. The second-order valence-corrected chi connectivity index (χ2v) is 8.77. The van der Waals surface area contributed by atoms with E-state index in [1.807, 2.05) is 0 Å². The molecule has 1 N–H and O–H groups in total. The number of hydrogen-bond donors (Lipinski definition) is 1. The van der Waals surface area contributed by atoms with Gasteiger partial charge in [-0.25, -0.2) is 13.2 Å². The van der Waals surface area contributed by atoms with Gasteiger partial charge < -0.3 is 14.8 Å². The summed E-state index contributed by atoms with van der Waals surface area (Å²) >= 11 is 6.12. The molecule has 1 aliphatic rings. The quantitative estimate of drug-likeness (QED) is 0.720. The molecule has 0 saturated heterocycles. The maximum Gasteiger partial charge on any atom is 0.337 e. The third kappa shape index (κ3) is 4.30. The highest BCUT2D eigenvalue weighted by molar-refractivity contribution is 7.92. The van der Waals surface area contributed by atoms with E-state index in [0.717, 1.165) is 0 Å². The zero-order valence-electron chi connectivity index (χ0n) is 15.7. The second kappa shape index (κ2) is 8.30. The molecular weight excluding hydrogens is 420 g/mol. The van der Waals surface area contributed by atoms with Crippen LogP contribution in [0.4, 0.5) is 11.4 Å². The van der Waals surface area contributed by atoms with Crippen LogP contribution in [0.2, 0.25) is 5.02 Å². The first-order valence-electron chi connectivity index (χ1n) is 8.71. The highest BCUT2D eigenvalue weighted by Gasteiger charge is 2.36. The Morgan fingerprint density at radius 2 is 2.00 bits per heavy atom. The van der Waals surface area contributed by atoms with Gasteiger partial charge >= 0.3 is 5.97 Å². The van der Waals surface area contributed by atoms with Crippen molar-refractivity contribution in [1.29, 1.82) is 0 Å². The molecule has 1 amide bonds. The lowest BCUT2D eigenvalue weighted by atomic mass is 10.2. The number of nitrogens with one attached hydrogen (secondary N) is 1. The summed E-state index contributed by atoms with van der Waals surface area (Å²) in [6, 6.07) is 10.9. The van der Waals surface area contributed by atoms with E-state index in [4.69, 9.17) is 16.3 Å². The summed E-state index contributed by atoms with van der Waals surface area (Å²) in [5, 5.41) is 2.80. The largest absolute Gasteiger partial charge is 0.476 e. The Kier molecular flexibility index (Phi) is 5.99. The van der Waals surface area contributed by atoms with Gasteiger partial charge in [-0.3, -0.25) is 9.10 Å². The predicted octanol–water partition coefficient (Wildman–Crippen LogP) is 2.68. The van der Waals surface area contributed by atoms with Crippen LogP contribution in [0.5, 0.6) is 5.75 Å². The number of para-hydroxylation sites is 2. The van der Waals surface area contributed by atoms with Crippen LogP contribution in [-0.4, -0.2) is 45.8 Å². The lowest BCUT2D eigenvalue weighted by molar-refractivity contribution is -0.122. The van der Waals surface area contributed by atoms with E-state index in [0.29, 0.717) is 5.69 Å². The molecular formula is C19H19ClN2O6S. The summed E-state index contributed by atoms with van der Waals surface area (Å²) in [6.45, 7) is 1.34. The number of halogens is 1. The molecule has 8 nitrogen and oxygen atoms in total. The van der Waals surface area contributed by atoms with Crippen LogP contribution in [0.25, 0.3) is 0 Å². The molecule has 0 spiro atoms. The van der Waals surface area contributed by atoms with E-state index in [1.165, 1.54) is 36.5 Å². The van der Waals surface area contributed by atoms with Gasteiger partial charge in [0.2, 0.25) is 10.0 Å². The Balaban J connectivity index is 1.88. The molecule has 0 unspecified atom stereocenters. The van der Waals surface area contributed by atoms with Crippen LogP contribution in [0.15, 0.2) is 42.5 Å². The van der Waals surface area contributed by atoms with Crippen LogP contribution in [-0.2, 0) is 19.6 Å². The Bertz CT molecular complexity index is 1060. The first-order chi connectivity index (χ1) is 13.8. The van der Waals surface area contributed by atoms with Gasteiger partial charge in [0.15, 0.2) is 6.10 Å². The van der Waals surface area contributed by atoms with Gasteiger partial charge in [0.1, 0.15) is 5.75 Å². The van der Waals surface area contributed by atoms with E-state index >= 15 is 0 Å². The fourth-order valence-electron chi connectivity index (χ4n) is 2.84. The molecule has 0 fully saturated rings. The van der Waals surface area contributed by atoms with Crippen molar-refractivity contribution in [2.45, 2.75) is 13.0 Å². The molecule has 0 aromatic heterocycles. The van der Waals surface area contributed by atoms with Crippen molar-refractivity contribution in [3.63, 3.8) is 0 Å². The van der Waals surface area contributed by atoms with Crippen molar-refractivity contribution in [2.24, 2.45) is 0 Å². The number of methoxy groups -OCH3 is 1. The van der Waals surface area contributed by atoms with Gasteiger partial charge in [0.05, 0.1) is 41.4 Å². The van der Waals surface area contributed by atoms with Gasteiger partial charge in [0.25, 0.3) is 5.91 Å². The van der Waals surface area contributed by atoms with Crippen LogP contribution >= 0.6 is 11.6 Å². The fourth-order valence-corrected chi connectivity index (χ4v) is 4.13. The molecule has 1 aliphatic heterocycles. The molecule has 0 bridgehead atoms. The number of amides is 1. The highest BCUT2D eigenvalue weighted by Crippen LogP contribution is 2.35. The molecule has 1 atom stereocenters. The Morgan fingerprint density at radius 3 is 2.69 bits per heavy atom. The van der Waals surface area contributed by atoms with Crippen LogP contribution in [0.1, 0.15) is 17.3 Å². The van der Waals surface area contributed by atoms with Gasteiger partial charge in [0, 0.05) is 0 Å². The Morgan fingerprint density at radius 1 is 1.28 bits per heavy atom. The fraction of sp³-hybridized carbons (Fsp3) is 0.263. The maximum atomic E-state index is 12.8. The number of rotatable bonds is 5. The van der Waals surface area contributed by atoms with Crippen LogP contribution in [0.3, 0.4) is 0 Å². The topological polar surface area (TPSA) is 102 Å². The standard InChI is InChI=1S/C19H19ClN2O6S/c1-3-29(25,26)22-11-17(28-16-7-5-4-6-15(16)22)18(23)21-14-10-12(19(24)27-2)8-9-13(14)20/h4-10,17H,3,11H2,1-2H3,(H,21,23)/t17-/m0/s1. The molecule has 2 aromatic carbocycles.